The molecule has 1 aliphatic rings. The predicted molar refractivity (Wildman–Crippen MR) is 130 cm³/mol. The van der Waals surface area contributed by atoms with Crippen molar-refractivity contribution in [3.63, 3.8) is 0 Å². The first-order valence-corrected chi connectivity index (χ1v) is 11.4. The van der Waals surface area contributed by atoms with Gasteiger partial charge in [0.2, 0.25) is 11.9 Å². The molecule has 178 valence electrons. The lowest BCUT2D eigenvalue weighted by atomic mass is 10.1. The van der Waals surface area contributed by atoms with Crippen molar-refractivity contribution in [3.05, 3.63) is 59.0 Å². The highest BCUT2D eigenvalue weighted by atomic mass is 16.5. The van der Waals surface area contributed by atoms with Crippen LogP contribution in [-0.4, -0.2) is 53.2 Å². The standard InChI is InChI=1S/C25H30N6O3/c1-16-22(17(2)31-13-11-27-24(33)23(16)31)20-9-10-28-25(30-20)29-19-6-4-5-18(15-19)7-8-21(32)26-12-14-34-3/h4-6,9-10,15H,7-8,11-14H2,1-3H3,(H,26,32)(H,27,33)(H,28,29,30). The monoisotopic (exact) mass is 462 g/mol. The third kappa shape index (κ3) is 5.09. The predicted octanol–water partition coefficient (Wildman–Crippen LogP) is 2.74. The molecule has 0 saturated heterocycles. The minimum absolute atomic E-state index is 0.00105. The van der Waals surface area contributed by atoms with Crippen molar-refractivity contribution in [2.75, 3.05) is 32.1 Å². The molecule has 1 aromatic carbocycles. The smallest absolute Gasteiger partial charge is 0.268 e. The van der Waals surface area contributed by atoms with E-state index in [4.69, 9.17) is 9.72 Å². The van der Waals surface area contributed by atoms with Crippen LogP contribution in [0.4, 0.5) is 11.6 Å². The number of nitrogens with zero attached hydrogens (tertiary/aromatic N) is 3. The van der Waals surface area contributed by atoms with Crippen molar-refractivity contribution in [1.29, 1.82) is 0 Å². The molecule has 0 radical (unpaired) electrons. The van der Waals surface area contributed by atoms with E-state index in [2.05, 4.69) is 25.5 Å². The molecular formula is C25H30N6O3. The largest absolute Gasteiger partial charge is 0.383 e. The van der Waals surface area contributed by atoms with Crippen LogP contribution in [0, 0.1) is 13.8 Å². The summed E-state index contributed by atoms with van der Waals surface area (Å²) in [4.78, 5) is 33.5. The molecule has 0 bridgehead atoms. The summed E-state index contributed by atoms with van der Waals surface area (Å²) >= 11 is 0. The lowest BCUT2D eigenvalue weighted by Gasteiger charge is -2.17. The summed E-state index contributed by atoms with van der Waals surface area (Å²) in [6.07, 6.45) is 2.76. The van der Waals surface area contributed by atoms with Crippen molar-refractivity contribution < 1.29 is 14.3 Å². The molecule has 1 aliphatic heterocycles. The molecule has 0 atom stereocenters. The Kier molecular flexibility index (Phi) is 7.22. The number of methoxy groups -OCH3 is 1. The summed E-state index contributed by atoms with van der Waals surface area (Å²) in [6.45, 7) is 6.38. The summed E-state index contributed by atoms with van der Waals surface area (Å²) in [5.74, 6) is 0.426. The third-order valence-electron chi connectivity index (χ3n) is 5.97. The number of amides is 2. The summed E-state index contributed by atoms with van der Waals surface area (Å²) < 4.78 is 7.01. The Hall–Kier alpha value is -3.72. The topological polar surface area (TPSA) is 110 Å². The zero-order valence-corrected chi connectivity index (χ0v) is 19.8. The Labute approximate surface area is 198 Å². The molecule has 0 unspecified atom stereocenters. The first kappa shape index (κ1) is 23.4. The van der Waals surface area contributed by atoms with Crippen LogP contribution in [0.1, 0.15) is 33.7 Å². The van der Waals surface area contributed by atoms with Gasteiger partial charge in [-0.3, -0.25) is 9.59 Å². The highest BCUT2D eigenvalue weighted by Gasteiger charge is 2.26. The zero-order chi connectivity index (χ0) is 24.1. The van der Waals surface area contributed by atoms with Crippen LogP contribution in [0.5, 0.6) is 0 Å². The SMILES string of the molecule is COCCNC(=O)CCc1cccc(Nc2nccc(-c3c(C)c4n(c3C)CCNC4=O)n2)c1. The molecule has 2 amide bonds. The van der Waals surface area contributed by atoms with E-state index in [1.165, 1.54) is 0 Å². The van der Waals surface area contributed by atoms with Crippen molar-refractivity contribution in [1.82, 2.24) is 25.2 Å². The van der Waals surface area contributed by atoms with Crippen LogP contribution < -0.4 is 16.0 Å². The number of aromatic nitrogens is 3. The summed E-state index contributed by atoms with van der Waals surface area (Å²) in [6, 6.07) is 9.74. The number of fused-ring (bicyclic) bond motifs is 1. The highest BCUT2D eigenvalue weighted by molar-refractivity contribution is 5.97. The Morgan fingerprint density at radius 1 is 1.26 bits per heavy atom. The maximum absolute atomic E-state index is 12.4. The number of benzene rings is 1. The van der Waals surface area contributed by atoms with Crippen LogP contribution in [0.3, 0.4) is 0 Å². The Morgan fingerprint density at radius 3 is 2.91 bits per heavy atom. The second kappa shape index (κ2) is 10.5. The van der Waals surface area contributed by atoms with E-state index < -0.39 is 0 Å². The van der Waals surface area contributed by atoms with Crippen LogP contribution in [-0.2, 0) is 22.5 Å². The quantitative estimate of drug-likeness (QED) is 0.422. The third-order valence-corrected chi connectivity index (χ3v) is 5.97. The minimum Gasteiger partial charge on any atom is -0.383 e. The van der Waals surface area contributed by atoms with Crippen molar-refractivity contribution >= 4 is 23.5 Å². The molecular weight excluding hydrogens is 432 g/mol. The maximum Gasteiger partial charge on any atom is 0.268 e. The Morgan fingerprint density at radius 2 is 2.12 bits per heavy atom. The fourth-order valence-electron chi connectivity index (χ4n) is 4.34. The second-order valence-corrected chi connectivity index (χ2v) is 8.28. The van der Waals surface area contributed by atoms with E-state index in [9.17, 15) is 9.59 Å². The van der Waals surface area contributed by atoms with Gasteiger partial charge in [0, 0.05) is 56.3 Å². The van der Waals surface area contributed by atoms with Crippen molar-refractivity contribution in [3.8, 4) is 11.3 Å². The van der Waals surface area contributed by atoms with Crippen LogP contribution in [0.15, 0.2) is 36.5 Å². The average Bonchev–Trinajstić information content (AvgIpc) is 3.09. The van der Waals surface area contributed by atoms with Crippen molar-refractivity contribution in [2.45, 2.75) is 33.2 Å². The molecule has 0 saturated carbocycles. The lowest BCUT2D eigenvalue weighted by molar-refractivity contribution is -0.121. The average molecular weight is 463 g/mol. The molecule has 0 spiro atoms. The number of anilines is 2. The van der Waals surface area contributed by atoms with Crippen LogP contribution >= 0.6 is 0 Å². The van der Waals surface area contributed by atoms with E-state index >= 15 is 0 Å². The molecule has 2 aromatic heterocycles. The number of nitrogens with one attached hydrogen (secondary N) is 3. The van der Waals surface area contributed by atoms with E-state index in [0.29, 0.717) is 44.2 Å². The van der Waals surface area contributed by atoms with Gasteiger partial charge in [-0.05, 0) is 49.6 Å². The molecule has 0 fully saturated rings. The number of carbonyl (C=O) groups is 2. The van der Waals surface area contributed by atoms with E-state index in [1.54, 1.807) is 13.3 Å². The van der Waals surface area contributed by atoms with Crippen molar-refractivity contribution in [2.24, 2.45) is 0 Å². The molecule has 3 heterocycles. The number of carbonyl (C=O) groups excluding carboxylic acids is 2. The molecule has 0 aliphatic carbocycles. The number of aryl methyl sites for hydroxylation is 1. The van der Waals surface area contributed by atoms with Crippen LogP contribution in [0.25, 0.3) is 11.3 Å². The Balaban J connectivity index is 1.48. The van der Waals surface area contributed by atoms with Gasteiger partial charge in [-0.25, -0.2) is 9.97 Å². The number of rotatable bonds is 9. The van der Waals surface area contributed by atoms with E-state index in [1.807, 2.05) is 44.2 Å². The van der Waals surface area contributed by atoms with E-state index in [0.717, 1.165) is 40.3 Å². The van der Waals surface area contributed by atoms with Gasteiger partial charge in [0.1, 0.15) is 5.69 Å². The fourth-order valence-corrected chi connectivity index (χ4v) is 4.34. The normalized spacial score (nSPS) is 12.7. The first-order chi connectivity index (χ1) is 16.5. The maximum atomic E-state index is 12.4. The Bertz CT molecular complexity index is 1200. The van der Waals surface area contributed by atoms with Gasteiger partial charge in [-0.2, -0.15) is 0 Å². The van der Waals surface area contributed by atoms with Gasteiger partial charge in [0.25, 0.3) is 5.91 Å². The molecule has 3 N–H and O–H groups in total. The van der Waals surface area contributed by atoms with Gasteiger partial charge in [-0.15, -0.1) is 0 Å². The van der Waals surface area contributed by atoms with Crippen LogP contribution in [0.2, 0.25) is 0 Å². The summed E-state index contributed by atoms with van der Waals surface area (Å²) in [5, 5.41) is 9.02. The van der Waals surface area contributed by atoms with Gasteiger partial charge >= 0.3 is 0 Å². The number of hydrogen-bond acceptors (Lipinski definition) is 6. The molecule has 34 heavy (non-hydrogen) atoms. The summed E-state index contributed by atoms with van der Waals surface area (Å²) in [5.41, 5.74) is 6.27. The van der Waals surface area contributed by atoms with Gasteiger partial charge < -0.3 is 25.3 Å². The molecule has 3 aromatic rings. The van der Waals surface area contributed by atoms with E-state index in [-0.39, 0.29) is 11.8 Å². The second-order valence-electron chi connectivity index (χ2n) is 8.28. The summed E-state index contributed by atoms with van der Waals surface area (Å²) in [7, 11) is 1.61. The molecule has 9 nitrogen and oxygen atoms in total. The lowest BCUT2D eigenvalue weighted by Crippen LogP contribution is -2.35. The molecule has 4 rings (SSSR count). The number of ether oxygens (including phenoxy) is 1. The van der Waals surface area contributed by atoms with Gasteiger partial charge in [0.05, 0.1) is 12.3 Å². The highest BCUT2D eigenvalue weighted by Crippen LogP contribution is 2.32. The first-order valence-electron chi connectivity index (χ1n) is 11.4. The minimum atomic E-state index is -0.0466. The number of hydrogen-bond donors (Lipinski definition) is 3. The fraction of sp³-hybridized carbons (Fsp3) is 0.360. The molecule has 9 heteroatoms. The van der Waals surface area contributed by atoms with Gasteiger partial charge in [0.15, 0.2) is 0 Å². The zero-order valence-electron chi connectivity index (χ0n) is 19.8. The van der Waals surface area contributed by atoms with Gasteiger partial charge in [-0.1, -0.05) is 12.1 Å².